The van der Waals surface area contributed by atoms with Gasteiger partial charge in [0.1, 0.15) is 12.6 Å². The molecule has 0 N–H and O–H groups in total. The zero-order chi connectivity index (χ0) is 25.1. The molecule has 0 aromatic carbocycles. The van der Waals surface area contributed by atoms with Crippen LogP contribution in [0.5, 0.6) is 0 Å². The Bertz CT molecular complexity index is 545. The van der Waals surface area contributed by atoms with Gasteiger partial charge in [-0.1, -0.05) is 64.7 Å². The molecular formula is C25H47NO7. The van der Waals surface area contributed by atoms with E-state index < -0.39 is 24.1 Å². The van der Waals surface area contributed by atoms with Crippen molar-refractivity contribution < 1.29 is 38.2 Å². The van der Waals surface area contributed by atoms with E-state index in [0.29, 0.717) is 6.42 Å². The van der Waals surface area contributed by atoms with Gasteiger partial charge in [-0.15, -0.1) is 0 Å². The molecule has 0 fully saturated rings. The van der Waals surface area contributed by atoms with Crippen LogP contribution in [0.15, 0.2) is 0 Å². The minimum absolute atomic E-state index is 0.0357. The number of carboxylic acid groups (broad SMARTS) is 1. The maximum atomic E-state index is 12.2. The molecular weight excluding hydrogens is 426 g/mol. The highest BCUT2D eigenvalue weighted by atomic mass is 16.6. The second-order valence-electron chi connectivity index (χ2n) is 9.66. The molecule has 0 aliphatic carbocycles. The largest absolute Gasteiger partial charge is 0.544 e. The normalized spacial score (nSPS) is 13.4. The Morgan fingerprint density at radius 1 is 0.848 bits per heavy atom. The molecule has 0 saturated carbocycles. The number of ether oxygens (including phenoxy) is 3. The number of aliphatic carboxylic acids is 1. The van der Waals surface area contributed by atoms with Crippen molar-refractivity contribution in [3.8, 4) is 0 Å². The van der Waals surface area contributed by atoms with Crippen molar-refractivity contribution in [2.24, 2.45) is 0 Å². The first-order chi connectivity index (χ1) is 15.6. The SMILES string of the molecule is CCCCCCCCCCCCC(=O)OC(COCCC(C(=O)[O-])[N+](C)(C)C)COC(C)=O. The van der Waals surface area contributed by atoms with Crippen LogP contribution in [0.3, 0.4) is 0 Å². The lowest BCUT2D eigenvalue weighted by molar-refractivity contribution is -0.889. The van der Waals surface area contributed by atoms with Crippen LogP contribution >= 0.6 is 0 Å². The number of unbranched alkanes of at least 4 members (excludes halogenated alkanes) is 9. The lowest BCUT2D eigenvalue weighted by Gasteiger charge is -2.34. The minimum atomic E-state index is -1.13. The highest BCUT2D eigenvalue weighted by molar-refractivity contribution is 5.70. The standard InChI is InChI=1S/C25H47NO7/c1-6-7-8-9-10-11-12-13-14-15-16-24(28)33-22(20-32-21(2)27)19-31-18-17-23(25(29)30)26(3,4)5/h22-23H,6-20H2,1-5H3. The molecule has 0 rings (SSSR count). The summed E-state index contributed by atoms with van der Waals surface area (Å²) in [7, 11) is 5.33. The van der Waals surface area contributed by atoms with Crippen LogP contribution in [0.25, 0.3) is 0 Å². The van der Waals surface area contributed by atoms with Gasteiger partial charge < -0.3 is 28.6 Å². The fourth-order valence-corrected chi connectivity index (χ4v) is 3.56. The number of esters is 2. The van der Waals surface area contributed by atoms with Crippen molar-refractivity contribution in [3.05, 3.63) is 0 Å². The Morgan fingerprint density at radius 3 is 1.88 bits per heavy atom. The van der Waals surface area contributed by atoms with Crippen LogP contribution in [0.1, 0.15) is 90.9 Å². The summed E-state index contributed by atoms with van der Waals surface area (Å²) < 4.78 is 16.2. The van der Waals surface area contributed by atoms with E-state index in [4.69, 9.17) is 14.2 Å². The predicted octanol–water partition coefficient (Wildman–Crippen LogP) is 3.00. The van der Waals surface area contributed by atoms with Crippen LogP contribution in [0.2, 0.25) is 0 Å². The van der Waals surface area contributed by atoms with E-state index >= 15 is 0 Å². The van der Waals surface area contributed by atoms with Crippen LogP contribution in [0.4, 0.5) is 0 Å². The zero-order valence-corrected chi connectivity index (χ0v) is 21.6. The minimum Gasteiger partial charge on any atom is -0.544 e. The number of hydrogen-bond donors (Lipinski definition) is 0. The molecule has 0 bridgehead atoms. The molecule has 0 radical (unpaired) electrons. The Balaban J connectivity index is 4.18. The molecule has 194 valence electrons. The highest BCUT2D eigenvalue weighted by Crippen LogP contribution is 2.12. The molecule has 33 heavy (non-hydrogen) atoms. The number of rotatable bonds is 21. The lowest BCUT2D eigenvalue weighted by Crippen LogP contribution is -2.55. The monoisotopic (exact) mass is 473 g/mol. The average molecular weight is 474 g/mol. The van der Waals surface area contributed by atoms with E-state index in [1.807, 2.05) is 0 Å². The van der Waals surface area contributed by atoms with Gasteiger partial charge in [-0.3, -0.25) is 9.59 Å². The van der Waals surface area contributed by atoms with Crippen LogP contribution in [-0.2, 0) is 28.6 Å². The van der Waals surface area contributed by atoms with Gasteiger partial charge in [0.2, 0.25) is 0 Å². The van der Waals surface area contributed by atoms with Crippen molar-refractivity contribution in [2.75, 3.05) is 41.0 Å². The maximum Gasteiger partial charge on any atom is 0.306 e. The van der Waals surface area contributed by atoms with Crippen molar-refractivity contribution in [1.82, 2.24) is 0 Å². The number of likely N-dealkylation sites (N-methyl/N-ethyl adjacent to an activating group) is 1. The summed E-state index contributed by atoms with van der Waals surface area (Å²) in [4.78, 5) is 34.6. The molecule has 0 saturated heterocycles. The second-order valence-corrected chi connectivity index (χ2v) is 9.66. The van der Waals surface area contributed by atoms with Gasteiger partial charge >= 0.3 is 11.9 Å². The fraction of sp³-hybridized carbons (Fsp3) is 0.880. The molecule has 0 aliphatic heterocycles. The summed E-state index contributed by atoms with van der Waals surface area (Å²) in [5.41, 5.74) is 0. The molecule has 8 nitrogen and oxygen atoms in total. The van der Waals surface area contributed by atoms with E-state index in [2.05, 4.69) is 6.92 Å². The van der Waals surface area contributed by atoms with Gasteiger partial charge in [-0.2, -0.15) is 0 Å². The molecule has 0 heterocycles. The Kier molecular flexibility index (Phi) is 17.8. The van der Waals surface area contributed by atoms with Crippen molar-refractivity contribution in [3.63, 3.8) is 0 Å². The topological polar surface area (TPSA) is 102 Å². The van der Waals surface area contributed by atoms with E-state index in [1.54, 1.807) is 21.1 Å². The summed E-state index contributed by atoms with van der Waals surface area (Å²) >= 11 is 0. The second kappa shape index (κ2) is 18.7. The summed E-state index contributed by atoms with van der Waals surface area (Å²) in [6.07, 6.45) is 11.7. The first-order valence-corrected chi connectivity index (χ1v) is 12.5. The molecule has 0 amide bonds. The quantitative estimate of drug-likeness (QED) is 0.143. The van der Waals surface area contributed by atoms with E-state index in [-0.39, 0.29) is 36.7 Å². The Labute approximate surface area is 200 Å². The predicted molar refractivity (Wildman–Crippen MR) is 125 cm³/mol. The molecule has 0 aliphatic rings. The summed E-state index contributed by atoms with van der Waals surface area (Å²) in [5, 5.41) is 11.3. The molecule has 0 aromatic rings. The average Bonchev–Trinajstić information content (AvgIpc) is 2.71. The van der Waals surface area contributed by atoms with Crippen LogP contribution in [0, 0.1) is 0 Å². The van der Waals surface area contributed by atoms with E-state index in [9.17, 15) is 19.5 Å². The van der Waals surface area contributed by atoms with Crippen LogP contribution < -0.4 is 5.11 Å². The number of carbonyl (C=O) groups is 3. The molecule has 0 spiro atoms. The van der Waals surface area contributed by atoms with Crippen molar-refractivity contribution in [1.29, 1.82) is 0 Å². The Morgan fingerprint density at radius 2 is 1.39 bits per heavy atom. The number of carbonyl (C=O) groups excluding carboxylic acids is 3. The van der Waals surface area contributed by atoms with Gasteiger partial charge in [0.15, 0.2) is 6.10 Å². The summed E-state index contributed by atoms with van der Waals surface area (Å²) in [6.45, 7) is 3.63. The fourth-order valence-electron chi connectivity index (χ4n) is 3.56. The van der Waals surface area contributed by atoms with Crippen molar-refractivity contribution in [2.45, 2.75) is 103 Å². The smallest absolute Gasteiger partial charge is 0.306 e. The first-order valence-electron chi connectivity index (χ1n) is 12.5. The van der Waals surface area contributed by atoms with Gasteiger partial charge in [-0.25, -0.2) is 0 Å². The highest BCUT2D eigenvalue weighted by Gasteiger charge is 2.25. The molecule has 0 aromatic heterocycles. The van der Waals surface area contributed by atoms with Gasteiger partial charge in [-0.05, 0) is 6.42 Å². The Hall–Kier alpha value is -1.67. The third-order valence-corrected chi connectivity index (χ3v) is 5.55. The third-order valence-electron chi connectivity index (χ3n) is 5.55. The number of hydrogen-bond acceptors (Lipinski definition) is 7. The van der Waals surface area contributed by atoms with Crippen molar-refractivity contribution >= 4 is 17.9 Å². The summed E-state index contributed by atoms with van der Waals surface area (Å²) in [6, 6.07) is -0.712. The molecule has 2 atom stereocenters. The first kappa shape index (κ1) is 31.3. The van der Waals surface area contributed by atoms with Gasteiger partial charge in [0.25, 0.3) is 0 Å². The number of carboxylic acids is 1. The molecule has 8 heteroatoms. The third kappa shape index (κ3) is 18.4. The van der Waals surface area contributed by atoms with E-state index in [1.165, 1.54) is 51.9 Å². The maximum absolute atomic E-state index is 12.2. The van der Waals surface area contributed by atoms with Gasteiger partial charge in [0.05, 0.1) is 40.3 Å². The lowest BCUT2D eigenvalue weighted by atomic mass is 10.1. The molecule has 2 unspecified atom stereocenters. The zero-order valence-electron chi connectivity index (χ0n) is 21.6. The van der Waals surface area contributed by atoms with Gasteiger partial charge in [0, 0.05) is 19.8 Å². The van der Waals surface area contributed by atoms with Crippen LogP contribution in [-0.4, -0.2) is 75.5 Å². The number of nitrogens with zero attached hydrogens (tertiary/aromatic N) is 1. The summed E-state index contributed by atoms with van der Waals surface area (Å²) in [5.74, 6) is -1.94. The number of quaternary nitrogens is 1. The van der Waals surface area contributed by atoms with E-state index in [0.717, 1.165) is 19.3 Å².